The van der Waals surface area contributed by atoms with Gasteiger partial charge < -0.3 is 14.8 Å². The van der Waals surface area contributed by atoms with Gasteiger partial charge in [-0.3, -0.25) is 9.59 Å². The first-order chi connectivity index (χ1) is 16.0. The van der Waals surface area contributed by atoms with Crippen LogP contribution in [0.15, 0.2) is 24.3 Å². The van der Waals surface area contributed by atoms with Crippen molar-refractivity contribution in [2.24, 2.45) is 23.7 Å². The van der Waals surface area contributed by atoms with Crippen molar-refractivity contribution in [3.8, 4) is 0 Å². The Bertz CT molecular complexity index is 857. The maximum absolute atomic E-state index is 13.0. The summed E-state index contributed by atoms with van der Waals surface area (Å²) in [6.07, 6.45) is 10.3. The van der Waals surface area contributed by atoms with E-state index in [1.807, 2.05) is 0 Å². The van der Waals surface area contributed by atoms with Gasteiger partial charge in [0.15, 0.2) is 0 Å². The van der Waals surface area contributed by atoms with Crippen LogP contribution in [0.4, 0.5) is 5.69 Å². The number of anilines is 1. The van der Waals surface area contributed by atoms with Crippen LogP contribution < -0.4 is 5.32 Å². The molecule has 180 valence electrons. The topological polar surface area (TPSA) is 81.7 Å². The van der Waals surface area contributed by atoms with Crippen LogP contribution in [0.3, 0.4) is 0 Å². The molecule has 3 fully saturated rings. The minimum atomic E-state index is -0.373. The number of nitrogens with one attached hydrogen (secondary N) is 1. The predicted octanol–water partition coefficient (Wildman–Crippen LogP) is 5.49. The van der Waals surface area contributed by atoms with Crippen molar-refractivity contribution in [3.63, 3.8) is 0 Å². The molecule has 1 N–H and O–H groups in total. The van der Waals surface area contributed by atoms with E-state index >= 15 is 0 Å². The average Bonchev–Trinajstić information content (AvgIpc) is 3.42. The predicted molar refractivity (Wildman–Crippen MR) is 129 cm³/mol. The van der Waals surface area contributed by atoms with Gasteiger partial charge in [-0.1, -0.05) is 67.8 Å². The number of fused-ring (bicyclic) bond motifs is 1. The molecular weight excluding hydrogens is 486 g/mol. The van der Waals surface area contributed by atoms with Gasteiger partial charge in [0.1, 0.15) is 6.10 Å². The highest BCUT2D eigenvalue weighted by Crippen LogP contribution is 2.60. The van der Waals surface area contributed by atoms with Gasteiger partial charge in [0.25, 0.3) is 0 Å². The zero-order valence-corrected chi connectivity index (χ0v) is 20.8. The summed E-state index contributed by atoms with van der Waals surface area (Å²) in [7, 11) is 0. The summed E-state index contributed by atoms with van der Waals surface area (Å²) in [5.74, 6) is -1.20. The molecule has 7 heteroatoms. The third kappa shape index (κ3) is 5.28. The van der Waals surface area contributed by atoms with Crippen molar-refractivity contribution >= 4 is 39.5 Å². The Hall–Kier alpha value is -1.89. The Morgan fingerprint density at radius 1 is 1.03 bits per heavy atom. The van der Waals surface area contributed by atoms with Gasteiger partial charge in [-0.25, -0.2) is 4.79 Å². The van der Waals surface area contributed by atoms with Crippen molar-refractivity contribution in [3.05, 3.63) is 29.8 Å². The quantitative estimate of drug-likeness (QED) is 0.224. The molecule has 2 aliphatic carbocycles. The van der Waals surface area contributed by atoms with E-state index in [2.05, 4.69) is 28.2 Å². The van der Waals surface area contributed by atoms with E-state index in [4.69, 9.17) is 9.47 Å². The first kappa shape index (κ1) is 24.2. The summed E-state index contributed by atoms with van der Waals surface area (Å²) >= 11 is 3.63. The number of alkyl halides is 1. The molecule has 1 saturated heterocycles. The lowest BCUT2D eigenvalue weighted by Crippen LogP contribution is -2.40. The van der Waals surface area contributed by atoms with E-state index in [-0.39, 0.29) is 52.4 Å². The number of halogens is 1. The molecule has 3 aliphatic rings. The zero-order valence-electron chi connectivity index (χ0n) is 19.3. The highest BCUT2D eigenvalue weighted by atomic mass is 79.9. The van der Waals surface area contributed by atoms with Crippen LogP contribution in [0.25, 0.3) is 0 Å². The summed E-state index contributed by atoms with van der Waals surface area (Å²) in [5.41, 5.74) is 1.08. The normalized spacial score (nSPS) is 29.2. The van der Waals surface area contributed by atoms with E-state index in [1.54, 1.807) is 24.3 Å². The molecule has 33 heavy (non-hydrogen) atoms. The second-order valence-corrected chi connectivity index (χ2v) is 10.7. The highest BCUT2D eigenvalue weighted by molar-refractivity contribution is 9.09. The molecule has 1 amide bonds. The molecule has 2 saturated carbocycles. The van der Waals surface area contributed by atoms with Gasteiger partial charge in [-0.15, -0.1) is 0 Å². The fourth-order valence-electron chi connectivity index (χ4n) is 5.73. The van der Waals surface area contributed by atoms with Gasteiger partial charge >= 0.3 is 11.9 Å². The highest BCUT2D eigenvalue weighted by Gasteiger charge is 2.67. The van der Waals surface area contributed by atoms with E-state index in [0.717, 1.165) is 19.3 Å². The molecule has 0 unspecified atom stereocenters. The first-order valence-electron chi connectivity index (χ1n) is 12.4. The third-order valence-corrected chi connectivity index (χ3v) is 8.65. The summed E-state index contributed by atoms with van der Waals surface area (Å²) in [5, 5.41) is 2.92. The van der Waals surface area contributed by atoms with Crippen molar-refractivity contribution in [1.29, 1.82) is 0 Å². The number of carbonyl (C=O) groups is 3. The minimum Gasteiger partial charge on any atom is -0.462 e. The lowest BCUT2D eigenvalue weighted by Gasteiger charge is -2.27. The Morgan fingerprint density at radius 2 is 1.70 bits per heavy atom. The summed E-state index contributed by atoms with van der Waals surface area (Å²) < 4.78 is 10.9. The molecule has 6 nitrogen and oxygen atoms in total. The Labute approximate surface area is 204 Å². The SMILES string of the molecule is CCCCCCCCCCOC(=O)c1ccc(NC(=O)[C@@H]2[C@H]3C[C@H]4[C@H](OC(=O)[C@@H]42)[C@H]3Br)cc1. The molecule has 6 atom stereocenters. The third-order valence-electron chi connectivity index (χ3n) is 7.44. The van der Waals surface area contributed by atoms with Crippen molar-refractivity contribution < 1.29 is 23.9 Å². The van der Waals surface area contributed by atoms with Crippen LogP contribution in [-0.2, 0) is 19.1 Å². The molecule has 4 rings (SSSR count). The lowest BCUT2D eigenvalue weighted by atomic mass is 9.79. The van der Waals surface area contributed by atoms with Crippen LogP contribution in [0.5, 0.6) is 0 Å². The van der Waals surface area contributed by atoms with Crippen LogP contribution in [0.2, 0.25) is 0 Å². The fraction of sp³-hybridized carbons (Fsp3) is 0.654. The number of hydrogen-bond acceptors (Lipinski definition) is 5. The Balaban J connectivity index is 1.19. The molecule has 1 aromatic rings. The lowest BCUT2D eigenvalue weighted by molar-refractivity contribution is -0.145. The number of rotatable bonds is 12. The molecule has 1 aromatic carbocycles. The van der Waals surface area contributed by atoms with E-state index < -0.39 is 0 Å². The number of hydrogen-bond donors (Lipinski definition) is 1. The Kier molecular flexibility index (Phi) is 8.10. The number of amides is 1. The minimum absolute atomic E-state index is 0.0409. The second kappa shape index (κ2) is 11.0. The van der Waals surface area contributed by atoms with Crippen molar-refractivity contribution in [2.45, 2.75) is 75.6 Å². The van der Waals surface area contributed by atoms with Gasteiger partial charge in [0, 0.05) is 11.6 Å². The average molecular weight is 520 g/mol. The maximum Gasteiger partial charge on any atom is 0.338 e. The van der Waals surface area contributed by atoms with Crippen molar-refractivity contribution in [1.82, 2.24) is 0 Å². The summed E-state index contributed by atoms with van der Waals surface area (Å²) in [4.78, 5) is 37.5. The number of ether oxygens (including phenoxy) is 2. The summed E-state index contributed by atoms with van der Waals surface area (Å²) in [6.45, 7) is 2.65. The van der Waals surface area contributed by atoms with Gasteiger partial charge in [0.05, 0.1) is 28.8 Å². The molecular formula is C26H34BrNO5. The molecule has 0 spiro atoms. The standard InChI is InChI=1S/C26H34BrNO5/c1-2-3-4-5-6-7-8-9-14-32-25(30)16-10-12-17(13-11-16)28-24(29)20-18-15-19-21(20)26(31)33-23(19)22(18)27/h10-13,18-23H,2-9,14-15H2,1H3,(H,28,29)/t18-,19-,20-,21+,22+,23+/m1/s1. The molecule has 0 radical (unpaired) electrons. The van der Waals surface area contributed by atoms with E-state index in [0.29, 0.717) is 17.9 Å². The Morgan fingerprint density at radius 3 is 2.39 bits per heavy atom. The van der Waals surface area contributed by atoms with E-state index in [1.165, 1.54) is 38.5 Å². The van der Waals surface area contributed by atoms with E-state index in [9.17, 15) is 14.4 Å². The van der Waals surface area contributed by atoms with Gasteiger partial charge in [-0.2, -0.15) is 0 Å². The van der Waals surface area contributed by atoms with Gasteiger partial charge in [0.2, 0.25) is 5.91 Å². The number of carbonyl (C=O) groups excluding carboxylic acids is 3. The maximum atomic E-state index is 13.0. The van der Waals surface area contributed by atoms with Crippen LogP contribution in [-0.4, -0.2) is 35.4 Å². The molecule has 2 bridgehead atoms. The largest absolute Gasteiger partial charge is 0.462 e. The summed E-state index contributed by atoms with van der Waals surface area (Å²) in [6, 6.07) is 6.75. The zero-order chi connectivity index (χ0) is 23.4. The molecule has 0 aromatic heterocycles. The first-order valence-corrected chi connectivity index (χ1v) is 13.4. The molecule has 1 aliphatic heterocycles. The smallest absolute Gasteiger partial charge is 0.338 e. The molecule has 1 heterocycles. The number of esters is 2. The van der Waals surface area contributed by atoms with Crippen LogP contribution in [0, 0.1) is 23.7 Å². The van der Waals surface area contributed by atoms with Crippen molar-refractivity contribution in [2.75, 3.05) is 11.9 Å². The number of benzene rings is 1. The second-order valence-electron chi connectivity index (χ2n) is 9.64. The van der Waals surface area contributed by atoms with Crippen LogP contribution in [0.1, 0.15) is 75.1 Å². The fourth-order valence-corrected chi connectivity index (χ4v) is 6.77. The number of unbranched alkanes of at least 4 members (excludes halogenated alkanes) is 7. The monoisotopic (exact) mass is 519 g/mol. The van der Waals surface area contributed by atoms with Crippen LogP contribution >= 0.6 is 15.9 Å². The van der Waals surface area contributed by atoms with Gasteiger partial charge in [-0.05, 0) is 43.0 Å².